The molecule has 5 nitrogen and oxygen atoms in total. The fourth-order valence-corrected chi connectivity index (χ4v) is 2.37. The van der Waals surface area contributed by atoms with Gasteiger partial charge in [0, 0.05) is 0 Å². The molecular formula is C11H13ClN4O. The summed E-state index contributed by atoms with van der Waals surface area (Å²) in [6.45, 7) is 0. The van der Waals surface area contributed by atoms with Crippen LogP contribution < -0.4 is 4.74 Å². The molecule has 1 N–H and O–H groups in total. The second-order valence-corrected chi connectivity index (χ2v) is 4.61. The number of hydrogen-bond acceptors (Lipinski definition) is 4. The first-order chi connectivity index (χ1) is 8.33. The van der Waals surface area contributed by atoms with Crippen molar-refractivity contribution in [1.29, 1.82) is 0 Å². The van der Waals surface area contributed by atoms with Crippen molar-refractivity contribution in [2.45, 2.75) is 38.2 Å². The number of H-pyrrole nitrogens is 1. The zero-order valence-corrected chi connectivity index (χ0v) is 10.1. The summed E-state index contributed by atoms with van der Waals surface area (Å²) in [5.74, 6) is 0.494. The van der Waals surface area contributed by atoms with Crippen molar-refractivity contribution in [3.8, 4) is 5.88 Å². The summed E-state index contributed by atoms with van der Waals surface area (Å²) in [5.41, 5.74) is 1.27. The highest BCUT2D eigenvalue weighted by Crippen LogP contribution is 2.26. The van der Waals surface area contributed by atoms with E-state index in [2.05, 4.69) is 19.9 Å². The average molecular weight is 253 g/mol. The fraction of sp³-hybridized carbons (Fsp3) is 0.545. The van der Waals surface area contributed by atoms with E-state index in [0.717, 1.165) is 12.8 Å². The third-order valence-electron chi connectivity index (χ3n) is 3.05. The highest BCUT2D eigenvalue weighted by Gasteiger charge is 2.18. The standard InChI is InChI=1S/C11H13ClN4O/c12-11-15-9-8(13-6-14-9)10(16-11)17-7-4-2-1-3-5-7/h6-7H,1-5H2,(H,13,14,15,16). The molecule has 1 fully saturated rings. The SMILES string of the molecule is Clc1nc(OC2CCCCC2)c2nc[nH]c2n1. The van der Waals surface area contributed by atoms with Crippen LogP contribution in [0, 0.1) is 0 Å². The first-order valence-corrected chi connectivity index (χ1v) is 6.24. The van der Waals surface area contributed by atoms with E-state index >= 15 is 0 Å². The molecule has 2 aromatic rings. The number of imidazole rings is 1. The van der Waals surface area contributed by atoms with Crippen molar-refractivity contribution < 1.29 is 4.74 Å². The zero-order valence-electron chi connectivity index (χ0n) is 9.32. The zero-order chi connectivity index (χ0) is 11.7. The van der Waals surface area contributed by atoms with Gasteiger partial charge in [0.2, 0.25) is 11.2 Å². The van der Waals surface area contributed by atoms with Gasteiger partial charge in [0.1, 0.15) is 6.10 Å². The smallest absolute Gasteiger partial charge is 0.247 e. The lowest BCUT2D eigenvalue weighted by Gasteiger charge is -2.22. The molecule has 90 valence electrons. The van der Waals surface area contributed by atoms with Crippen LogP contribution in [0.2, 0.25) is 5.28 Å². The van der Waals surface area contributed by atoms with Crippen LogP contribution in [0.15, 0.2) is 6.33 Å². The number of aromatic nitrogens is 4. The lowest BCUT2D eigenvalue weighted by molar-refractivity contribution is 0.150. The van der Waals surface area contributed by atoms with Gasteiger partial charge in [0.25, 0.3) is 0 Å². The summed E-state index contributed by atoms with van der Waals surface area (Å²) < 4.78 is 5.89. The molecule has 1 saturated carbocycles. The first-order valence-electron chi connectivity index (χ1n) is 5.86. The van der Waals surface area contributed by atoms with E-state index in [1.807, 2.05) is 0 Å². The number of nitrogens with one attached hydrogen (secondary N) is 1. The Balaban J connectivity index is 1.90. The normalized spacial score (nSPS) is 17.5. The largest absolute Gasteiger partial charge is 0.473 e. The highest BCUT2D eigenvalue weighted by molar-refractivity contribution is 6.28. The molecule has 0 amide bonds. The number of fused-ring (bicyclic) bond motifs is 1. The van der Waals surface area contributed by atoms with Crippen LogP contribution in [0.4, 0.5) is 0 Å². The minimum atomic E-state index is 0.188. The molecule has 2 aromatic heterocycles. The number of aromatic amines is 1. The monoisotopic (exact) mass is 252 g/mol. The molecule has 0 aliphatic heterocycles. The summed E-state index contributed by atoms with van der Waals surface area (Å²) in [4.78, 5) is 15.2. The van der Waals surface area contributed by atoms with Crippen molar-refractivity contribution in [1.82, 2.24) is 19.9 Å². The Morgan fingerprint density at radius 2 is 2.06 bits per heavy atom. The van der Waals surface area contributed by atoms with E-state index < -0.39 is 0 Å². The quantitative estimate of drug-likeness (QED) is 0.835. The van der Waals surface area contributed by atoms with Gasteiger partial charge in [0.15, 0.2) is 11.2 Å². The van der Waals surface area contributed by atoms with Crippen molar-refractivity contribution >= 4 is 22.8 Å². The molecular weight excluding hydrogens is 240 g/mol. The molecule has 2 heterocycles. The molecule has 0 bridgehead atoms. The van der Waals surface area contributed by atoms with Gasteiger partial charge in [-0.3, -0.25) is 0 Å². The maximum absolute atomic E-state index is 5.89. The van der Waals surface area contributed by atoms with Gasteiger partial charge in [-0.25, -0.2) is 4.98 Å². The minimum absolute atomic E-state index is 0.188. The number of hydrogen-bond donors (Lipinski definition) is 1. The summed E-state index contributed by atoms with van der Waals surface area (Å²) >= 11 is 5.85. The van der Waals surface area contributed by atoms with Crippen LogP contribution in [0.5, 0.6) is 5.88 Å². The summed E-state index contributed by atoms with van der Waals surface area (Å²) in [6, 6.07) is 0. The lowest BCUT2D eigenvalue weighted by atomic mass is 9.98. The lowest BCUT2D eigenvalue weighted by Crippen LogP contribution is -2.20. The fourth-order valence-electron chi connectivity index (χ4n) is 2.21. The summed E-state index contributed by atoms with van der Waals surface area (Å²) in [5, 5.41) is 0.188. The topological polar surface area (TPSA) is 63.7 Å². The van der Waals surface area contributed by atoms with E-state index in [-0.39, 0.29) is 11.4 Å². The summed E-state index contributed by atoms with van der Waals surface area (Å²) in [7, 11) is 0. The van der Waals surface area contributed by atoms with E-state index in [9.17, 15) is 0 Å². The van der Waals surface area contributed by atoms with Gasteiger partial charge >= 0.3 is 0 Å². The van der Waals surface area contributed by atoms with Gasteiger partial charge in [-0.1, -0.05) is 6.42 Å². The van der Waals surface area contributed by atoms with E-state index in [0.29, 0.717) is 17.0 Å². The minimum Gasteiger partial charge on any atom is -0.473 e. The van der Waals surface area contributed by atoms with Gasteiger partial charge in [-0.2, -0.15) is 9.97 Å². The molecule has 3 rings (SSSR count). The molecule has 1 aliphatic rings. The maximum atomic E-state index is 5.89. The second kappa shape index (κ2) is 4.49. The van der Waals surface area contributed by atoms with Crippen LogP contribution >= 0.6 is 11.6 Å². The first kappa shape index (κ1) is 10.8. The van der Waals surface area contributed by atoms with Crippen LogP contribution in [0.1, 0.15) is 32.1 Å². The molecule has 17 heavy (non-hydrogen) atoms. The molecule has 0 saturated heterocycles. The molecule has 0 atom stereocenters. The van der Waals surface area contributed by atoms with Crippen molar-refractivity contribution in [3.05, 3.63) is 11.6 Å². The molecule has 1 aliphatic carbocycles. The molecule has 0 radical (unpaired) electrons. The van der Waals surface area contributed by atoms with Gasteiger partial charge in [-0.15, -0.1) is 0 Å². The van der Waals surface area contributed by atoms with E-state index in [4.69, 9.17) is 16.3 Å². The Labute approximate surface area is 104 Å². The average Bonchev–Trinajstić information content (AvgIpc) is 2.78. The Kier molecular flexibility index (Phi) is 2.84. The Morgan fingerprint density at radius 1 is 1.24 bits per heavy atom. The van der Waals surface area contributed by atoms with E-state index in [1.54, 1.807) is 6.33 Å². The summed E-state index contributed by atoms with van der Waals surface area (Å²) in [6.07, 6.45) is 7.68. The van der Waals surface area contributed by atoms with Crippen LogP contribution in [0.25, 0.3) is 11.2 Å². The Bertz CT molecular complexity index is 521. The molecule has 0 unspecified atom stereocenters. The van der Waals surface area contributed by atoms with Gasteiger partial charge < -0.3 is 9.72 Å². The van der Waals surface area contributed by atoms with Crippen molar-refractivity contribution in [3.63, 3.8) is 0 Å². The third kappa shape index (κ3) is 2.20. The predicted molar refractivity (Wildman–Crippen MR) is 64.2 cm³/mol. The molecule has 0 spiro atoms. The highest BCUT2D eigenvalue weighted by atomic mass is 35.5. The number of halogens is 1. The van der Waals surface area contributed by atoms with Gasteiger partial charge in [-0.05, 0) is 37.3 Å². The molecule has 0 aromatic carbocycles. The number of ether oxygens (including phenoxy) is 1. The third-order valence-corrected chi connectivity index (χ3v) is 3.22. The van der Waals surface area contributed by atoms with Crippen LogP contribution in [-0.2, 0) is 0 Å². The maximum Gasteiger partial charge on any atom is 0.247 e. The van der Waals surface area contributed by atoms with E-state index in [1.165, 1.54) is 19.3 Å². The Hall–Kier alpha value is -1.36. The van der Waals surface area contributed by atoms with Crippen molar-refractivity contribution in [2.24, 2.45) is 0 Å². The number of rotatable bonds is 2. The second-order valence-electron chi connectivity index (χ2n) is 4.28. The van der Waals surface area contributed by atoms with Gasteiger partial charge in [0.05, 0.1) is 6.33 Å². The Morgan fingerprint density at radius 3 is 2.88 bits per heavy atom. The van der Waals surface area contributed by atoms with Crippen molar-refractivity contribution in [2.75, 3.05) is 0 Å². The van der Waals surface area contributed by atoms with Crippen LogP contribution in [-0.4, -0.2) is 26.0 Å². The predicted octanol–water partition coefficient (Wildman–Crippen LogP) is 2.72. The number of nitrogens with zero attached hydrogens (tertiary/aromatic N) is 3. The van der Waals surface area contributed by atoms with Crippen LogP contribution in [0.3, 0.4) is 0 Å². The molecule has 6 heteroatoms.